The number of nitrogens with one attached hydrogen (secondary N) is 2. The first-order chi connectivity index (χ1) is 14.4. The van der Waals surface area contributed by atoms with Crippen molar-refractivity contribution < 1.29 is 14.0 Å². The second-order valence-corrected chi connectivity index (χ2v) is 8.02. The minimum Gasteiger partial charge on any atom is -0.436 e. The number of carbonyl (C=O) groups excluding carboxylic acids is 2. The zero-order valence-corrected chi connectivity index (χ0v) is 17.7. The highest BCUT2D eigenvalue weighted by atomic mass is 35.5. The van der Waals surface area contributed by atoms with Gasteiger partial charge in [0.25, 0.3) is 5.91 Å². The summed E-state index contributed by atoms with van der Waals surface area (Å²) in [6.07, 6.45) is 3.11. The molecule has 1 atom stereocenters. The number of nitrogens with zero attached hydrogens (tertiary/aromatic N) is 3. The van der Waals surface area contributed by atoms with Crippen molar-refractivity contribution in [1.82, 2.24) is 25.1 Å². The molecule has 0 aliphatic carbocycles. The number of carbonyl (C=O) groups is 2. The van der Waals surface area contributed by atoms with Crippen LogP contribution in [0.25, 0.3) is 10.9 Å². The summed E-state index contributed by atoms with van der Waals surface area (Å²) in [7, 11) is 1.76. The molecule has 3 amide bonds. The summed E-state index contributed by atoms with van der Waals surface area (Å²) < 4.78 is 5.35. The molecule has 1 saturated heterocycles. The third-order valence-corrected chi connectivity index (χ3v) is 5.69. The number of likely N-dealkylation sites (tertiary alicyclic amines) is 1. The highest BCUT2D eigenvalue weighted by Crippen LogP contribution is 2.21. The number of aromatic nitrogens is 2. The van der Waals surface area contributed by atoms with Gasteiger partial charge in [-0.1, -0.05) is 11.6 Å². The normalized spacial score (nSPS) is 16.6. The monoisotopic (exact) mass is 429 g/mol. The zero-order valence-electron chi connectivity index (χ0n) is 16.9. The van der Waals surface area contributed by atoms with Crippen LogP contribution in [0.3, 0.4) is 0 Å². The van der Waals surface area contributed by atoms with E-state index in [1.54, 1.807) is 23.8 Å². The Morgan fingerprint density at radius 3 is 3.00 bits per heavy atom. The Morgan fingerprint density at radius 2 is 2.23 bits per heavy atom. The molecule has 3 aromatic rings. The number of piperidine rings is 1. The topological polar surface area (TPSA) is 94.5 Å². The summed E-state index contributed by atoms with van der Waals surface area (Å²) in [6, 6.07) is 7.36. The maximum absolute atomic E-state index is 12.7. The Hall–Kier alpha value is -3.00. The number of likely N-dealkylation sites (N-methyl/N-ethyl adjacent to an activating group) is 1. The zero-order chi connectivity index (χ0) is 21.3. The molecule has 1 unspecified atom stereocenters. The van der Waals surface area contributed by atoms with Crippen LogP contribution in [0.15, 0.2) is 34.9 Å². The van der Waals surface area contributed by atoms with E-state index in [0.717, 1.165) is 29.4 Å². The second-order valence-electron chi connectivity index (χ2n) is 7.59. The van der Waals surface area contributed by atoms with Crippen molar-refractivity contribution in [2.75, 3.05) is 20.1 Å². The first-order valence-corrected chi connectivity index (χ1v) is 10.3. The predicted octanol–water partition coefficient (Wildman–Crippen LogP) is 3.56. The van der Waals surface area contributed by atoms with E-state index in [-0.39, 0.29) is 23.7 Å². The van der Waals surface area contributed by atoms with E-state index in [4.69, 9.17) is 16.0 Å². The highest BCUT2D eigenvalue weighted by Gasteiger charge is 2.30. The van der Waals surface area contributed by atoms with Gasteiger partial charge in [-0.15, -0.1) is 0 Å². The molecular formula is C21H24ClN5O3. The quantitative estimate of drug-likeness (QED) is 0.662. The van der Waals surface area contributed by atoms with Crippen molar-refractivity contribution >= 4 is 34.4 Å². The minimum atomic E-state index is -0.189. The van der Waals surface area contributed by atoms with E-state index in [1.807, 2.05) is 24.3 Å². The average molecular weight is 430 g/mol. The maximum Gasteiger partial charge on any atom is 0.317 e. The smallest absolute Gasteiger partial charge is 0.317 e. The van der Waals surface area contributed by atoms with Gasteiger partial charge >= 0.3 is 6.03 Å². The lowest BCUT2D eigenvalue weighted by molar-refractivity contribution is 0.0604. The summed E-state index contributed by atoms with van der Waals surface area (Å²) in [4.78, 5) is 36.0. The number of aryl methyl sites for hydroxylation is 1. The van der Waals surface area contributed by atoms with Gasteiger partial charge in [0.15, 0.2) is 5.89 Å². The van der Waals surface area contributed by atoms with E-state index in [0.29, 0.717) is 30.5 Å². The Kier molecular flexibility index (Phi) is 5.67. The Balaban J connectivity index is 1.35. The predicted molar refractivity (Wildman–Crippen MR) is 113 cm³/mol. The van der Waals surface area contributed by atoms with Gasteiger partial charge in [-0.3, -0.25) is 4.79 Å². The van der Waals surface area contributed by atoms with Gasteiger partial charge in [-0.05, 0) is 37.1 Å². The molecule has 4 rings (SSSR count). The van der Waals surface area contributed by atoms with E-state index in [2.05, 4.69) is 15.3 Å². The Morgan fingerprint density at radius 1 is 1.40 bits per heavy atom. The summed E-state index contributed by atoms with van der Waals surface area (Å²) in [5, 5.41) is 4.62. The Labute approximate surface area is 179 Å². The molecule has 0 saturated carbocycles. The molecule has 2 N–H and O–H groups in total. The number of aromatic amines is 1. The second kappa shape index (κ2) is 8.39. The molecule has 8 nitrogen and oxygen atoms in total. The number of halogens is 1. The van der Waals surface area contributed by atoms with Crippen LogP contribution in [0.2, 0.25) is 5.02 Å². The minimum absolute atomic E-state index is 0.0618. The summed E-state index contributed by atoms with van der Waals surface area (Å²) in [6.45, 7) is 3.19. The lowest BCUT2D eigenvalue weighted by Gasteiger charge is -2.37. The number of rotatable bonds is 4. The lowest BCUT2D eigenvalue weighted by Crippen LogP contribution is -2.52. The molecule has 1 fully saturated rings. The van der Waals surface area contributed by atoms with Crippen LogP contribution < -0.4 is 5.32 Å². The maximum atomic E-state index is 12.7. The summed E-state index contributed by atoms with van der Waals surface area (Å²) in [5.41, 5.74) is 1.87. The van der Waals surface area contributed by atoms with Crippen LogP contribution in [0.1, 0.15) is 35.0 Å². The third-order valence-electron chi connectivity index (χ3n) is 5.45. The first kappa shape index (κ1) is 20.3. The Bertz CT molecular complexity index is 1080. The van der Waals surface area contributed by atoms with Crippen molar-refractivity contribution in [3.8, 4) is 0 Å². The van der Waals surface area contributed by atoms with Crippen LogP contribution in [0.5, 0.6) is 0 Å². The van der Waals surface area contributed by atoms with Crippen LogP contribution in [0, 0.1) is 6.92 Å². The number of urea groups is 1. The third kappa shape index (κ3) is 4.28. The molecule has 3 heterocycles. The molecular weight excluding hydrogens is 406 g/mol. The number of H-pyrrole nitrogens is 1. The molecule has 0 spiro atoms. The number of fused-ring (bicyclic) bond motifs is 1. The van der Waals surface area contributed by atoms with Gasteiger partial charge in [0.2, 0.25) is 5.76 Å². The number of benzene rings is 1. The van der Waals surface area contributed by atoms with E-state index in [1.165, 1.54) is 6.20 Å². The van der Waals surface area contributed by atoms with E-state index < -0.39 is 0 Å². The number of hydrogen-bond acceptors (Lipinski definition) is 4. The molecule has 9 heteroatoms. The number of oxazole rings is 1. The number of amides is 3. The first-order valence-electron chi connectivity index (χ1n) is 9.90. The average Bonchev–Trinajstić information content (AvgIpc) is 3.36. The van der Waals surface area contributed by atoms with Crippen LogP contribution in [-0.4, -0.2) is 57.9 Å². The fourth-order valence-electron chi connectivity index (χ4n) is 3.79. The molecule has 0 radical (unpaired) electrons. The van der Waals surface area contributed by atoms with Crippen molar-refractivity contribution in [2.45, 2.75) is 32.4 Å². The van der Waals surface area contributed by atoms with Gasteiger partial charge in [-0.2, -0.15) is 0 Å². The van der Waals surface area contributed by atoms with Crippen LogP contribution >= 0.6 is 11.6 Å². The molecule has 0 bridgehead atoms. The van der Waals surface area contributed by atoms with Crippen molar-refractivity contribution in [3.05, 3.63) is 52.8 Å². The van der Waals surface area contributed by atoms with Crippen molar-refractivity contribution in [2.24, 2.45) is 0 Å². The number of hydrogen-bond donors (Lipinski definition) is 2. The van der Waals surface area contributed by atoms with Crippen LogP contribution in [-0.2, 0) is 6.54 Å². The fraction of sp³-hybridized carbons (Fsp3) is 0.381. The van der Waals surface area contributed by atoms with Gasteiger partial charge in [0.05, 0.1) is 18.8 Å². The van der Waals surface area contributed by atoms with Gasteiger partial charge < -0.3 is 24.5 Å². The van der Waals surface area contributed by atoms with Crippen molar-refractivity contribution in [3.63, 3.8) is 0 Å². The highest BCUT2D eigenvalue weighted by molar-refractivity contribution is 6.31. The molecule has 30 heavy (non-hydrogen) atoms. The molecule has 2 aromatic heterocycles. The fourth-order valence-corrected chi connectivity index (χ4v) is 3.97. The molecule has 1 aliphatic heterocycles. The molecule has 1 aliphatic rings. The lowest BCUT2D eigenvalue weighted by atomic mass is 10.0. The van der Waals surface area contributed by atoms with Crippen molar-refractivity contribution in [1.29, 1.82) is 0 Å². The van der Waals surface area contributed by atoms with Gasteiger partial charge in [0.1, 0.15) is 0 Å². The van der Waals surface area contributed by atoms with E-state index in [9.17, 15) is 9.59 Å². The largest absolute Gasteiger partial charge is 0.436 e. The van der Waals surface area contributed by atoms with Crippen LogP contribution in [0.4, 0.5) is 4.79 Å². The summed E-state index contributed by atoms with van der Waals surface area (Å²) >= 11 is 6.03. The van der Waals surface area contributed by atoms with Gasteiger partial charge in [-0.25, -0.2) is 9.78 Å². The molecule has 158 valence electrons. The van der Waals surface area contributed by atoms with Gasteiger partial charge in [0, 0.05) is 48.7 Å². The standard InChI is InChI=1S/C21H24ClN5O3/c1-13-23-11-19(30-13)20(28)27-7-3-4-17(12-27)26(2)21(29)24-10-16-9-14-8-15(22)5-6-18(14)25-16/h5-6,8-9,11,17,25H,3-4,7,10,12H2,1-2H3,(H,24,29). The summed E-state index contributed by atoms with van der Waals surface area (Å²) in [5.74, 6) is 0.507. The molecule has 1 aromatic carbocycles. The SMILES string of the molecule is Cc1ncc(C(=O)N2CCCC(N(C)C(=O)NCc3cc4cc(Cl)ccc4[nH]3)C2)o1. The van der Waals surface area contributed by atoms with E-state index >= 15 is 0 Å².